The van der Waals surface area contributed by atoms with Crippen molar-refractivity contribution in [2.45, 2.75) is 32.2 Å². The minimum atomic E-state index is -4.33. The van der Waals surface area contributed by atoms with Crippen LogP contribution in [0.15, 0.2) is 65.8 Å². The van der Waals surface area contributed by atoms with Crippen LogP contribution in [-0.4, -0.2) is 34.8 Å². The zero-order valence-corrected chi connectivity index (χ0v) is 21.4. The van der Waals surface area contributed by atoms with E-state index in [1.165, 1.54) is 22.3 Å². The van der Waals surface area contributed by atoms with Gasteiger partial charge in [-0.2, -0.15) is 0 Å². The number of benzene rings is 2. The molecular weight excluding hydrogens is 478 g/mol. The maximum absolute atomic E-state index is 12.1. The van der Waals surface area contributed by atoms with Crippen molar-refractivity contribution in [3.63, 3.8) is 0 Å². The lowest BCUT2D eigenvalue weighted by molar-refractivity contribution is -0.638. The molecule has 184 valence electrons. The second kappa shape index (κ2) is 10.9. The summed E-state index contributed by atoms with van der Waals surface area (Å²) in [6.45, 7) is 5.33. The van der Waals surface area contributed by atoms with E-state index in [1.54, 1.807) is 38.2 Å². The number of hydrogen-bond donors (Lipinski definition) is 1. The van der Waals surface area contributed by atoms with Gasteiger partial charge in [-0.3, -0.25) is 4.31 Å². The molecule has 0 saturated heterocycles. The Labute approximate surface area is 201 Å². The molecule has 0 aliphatic carbocycles. The summed E-state index contributed by atoms with van der Waals surface area (Å²) < 4.78 is 64.6. The summed E-state index contributed by atoms with van der Waals surface area (Å²) >= 11 is 0. The van der Waals surface area contributed by atoms with Gasteiger partial charge in [0.25, 0.3) is 0 Å². The first-order chi connectivity index (χ1) is 15.7. The average molecular weight is 508 g/mol. The minimum absolute atomic E-state index is 0.0851. The molecule has 0 spiro atoms. The molecule has 2 aromatic carbocycles. The summed E-state index contributed by atoms with van der Waals surface area (Å²) in [6.07, 6.45) is 4.26. The third-order valence-corrected chi connectivity index (χ3v) is 7.10. The Balaban J connectivity index is 0.000000270. The van der Waals surface area contributed by atoms with Gasteiger partial charge in [0, 0.05) is 6.07 Å². The summed E-state index contributed by atoms with van der Waals surface area (Å²) in [4.78, 5) is -0.0851. The molecule has 34 heavy (non-hydrogen) atoms. The monoisotopic (exact) mass is 507 g/mol. The molecule has 3 rings (SSSR count). The molecule has 0 bridgehead atoms. The lowest BCUT2D eigenvalue weighted by Crippen LogP contribution is -2.44. The molecule has 0 saturated carbocycles. The maximum atomic E-state index is 12.1. The van der Waals surface area contributed by atoms with E-state index in [-0.39, 0.29) is 11.4 Å². The second-order valence-electron chi connectivity index (χ2n) is 7.78. The summed E-state index contributed by atoms with van der Waals surface area (Å²) in [5.74, 6) is 6.14. The predicted octanol–water partition coefficient (Wildman–Crippen LogP) is 2.18. The van der Waals surface area contributed by atoms with E-state index in [0.29, 0.717) is 22.6 Å². The Morgan fingerprint density at radius 2 is 1.56 bits per heavy atom. The molecule has 1 heterocycles. The number of methoxy groups -OCH3 is 1. The van der Waals surface area contributed by atoms with E-state index in [9.17, 15) is 21.4 Å². The first-order valence-corrected chi connectivity index (χ1v) is 13.4. The molecule has 0 atom stereocenters. The van der Waals surface area contributed by atoms with Crippen LogP contribution in [0.3, 0.4) is 0 Å². The van der Waals surface area contributed by atoms with Crippen molar-refractivity contribution in [1.82, 2.24) is 0 Å². The molecule has 1 aromatic heterocycles. The van der Waals surface area contributed by atoms with E-state index in [2.05, 4.69) is 0 Å². The quantitative estimate of drug-likeness (QED) is 0.307. The fraction of sp³-hybridized carbons (Fsp3) is 0.261. The fourth-order valence-corrected chi connectivity index (χ4v) is 5.32. The highest BCUT2D eigenvalue weighted by atomic mass is 32.2. The highest BCUT2D eigenvalue weighted by Crippen LogP contribution is 2.29. The third-order valence-electron chi connectivity index (χ3n) is 4.83. The van der Waals surface area contributed by atoms with Crippen molar-refractivity contribution >= 4 is 25.8 Å². The average Bonchev–Trinajstić information content (AvgIpc) is 2.70. The van der Waals surface area contributed by atoms with Crippen molar-refractivity contribution in [3.05, 3.63) is 83.2 Å². The lowest BCUT2D eigenvalue weighted by Gasteiger charge is -2.22. The zero-order valence-electron chi connectivity index (χ0n) is 19.7. The molecule has 0 aliphatic heterocycles. The van der Waals surface area contributed by atoms with Crippen LogP contribution in [0, 0.1) is 20.8 Å². The van der Waals surface area contributed by atoms with Crippen LogP contribution < -0.4 is 19.6 Å². The number of ether oxygens (including phenoxy) is 1. The van der Waals surface area contributed by atoms with Crippen molar-refractivity contribution in [2.75, 3.05) is 23.5 Å². The minimum Gasteiger partial charge on any atom is -0.744 e. The highest BCUT2D eigenvalue weighted by molar-refractivity contribution is 7.92. The van der Waals surface area contributed by atoms with Gasteiger partial charge in [0.15, 0.2) is 11.4 Å². The molecule has 0 unspecified atom stereocenters. The van der Waals surface area contributed by atoms with Gasteiger partial charge in [0.05, 0.1) is 24.8 Å². The van der Waals surface area contributed by atoms with Gasteiger partial charge >= 0.3 is 0 Å². The van der Waals surface area contributed by atoms with Gasteiger partial charge in [-0.15, -0.1) is 0 Å². The van der Waals surface area contributed by atoms with Crippen LogP contribution in [0.25, 0.3) is 0 Å². The summed E-state index contributed by atoms with van der Waals surface area (Å²) in [6, 6.07) is 14.3. The zero-order chi connectivity index (χ0) is 25.7. The van der Waals surface area contributed by atoms with Crippen LogP contribution in [0.4, 0.5) is 5.69 Å². The standard InChI is InChI=1S/C14H18N3O3S.C9H12O3S/c1-20-14-8-9-16(15)11-13(14)17(21(2,18)19)10-12-6-4-3-5-7-12;1-6-4-7(2)9(8(3)5-6)13(10,11)12/h3-9,11H,10,15H2,1-2H3;4-5H,1-3H3,(H,10,11,12)/q+1;/p-1. The number of nitrogens with zero attached hydrogens (tertiary/aromatic N) is 2. The van der Waals surface area contributed by atoms with Crippen molar-refractivity contribution < 1.29 is 30.8 Å². The number of anilines is 1. The van der Waals surface area contributed by atoms with Gasteiger partial charge in [-0.25, -0.2) is 22.7 Å². The molecule has 11 heteroatoms. The Kier molecular flexibility index (Phi) is 8.65. The Morgan fingerprint density at radius 3 is 2.03 bits per heavy atom. The van der Waals surface area contributed by atoms with Gasteiger partial charge in [-0.1, -0.05) is 52.7 Å². The van der Waals surface area contributed by atoms with Crippen LogP contribution in [-0.2, 0) is 26.7 Å². The van der Waals surface area contributed by atoms with E-state index in [1.807, 2.05) is 37.3 Å². The Morgan fingerprint density at radius 1 is 1.00 bits per heavy atom. The number of nitrogen functional groups attached to an aromatic ring is 1. The number of pyridine rings is 1. The summed E-state index contributed by atoms with van der Waals surface area (Å²) in [5.41, 5.74) is 3.27. The molecule has 0 fully saturated rings. The third kappa shape index (κ3) is 7.17. The topological polar surface area (TPSA) is 134 Å². The van der Waals surface area contributed by atoms with Crippen LogP contribution in [0.1, 0.15) is 22.3 Å². The summed E-state index contributed by atoms with van der Waals surface area (Å²) in [5, 5.41) is 0. The SMILES string of the molecule is COc1cc[n+](N)cc1N(Cc1ccccc1)S(C)(=O)=O.Cc1cc(C)c(S(=O)(=O)[O-])c(C)c1. The Bertz CT molecular complexity index is 1340. The van der Waals surface area contributed by atoms with Crippen LogP contribution in [0.2, 0.25) is 0 Å². The smallest absolute Gasteiger partial charge is 0.232 e. The lowest BCUT2D eigenvalue weighted by atomic mass is 10.1. The number of rotatable bonds is 6. The fourth-order valence-electron chi connectivity index (χ4n) is 3.54. The molecule has 0 radical (unpaired) electrons. The maximum Gasteiger partial charge on any atom is 0.232 e. The predicted molar refractivity (Wildman–Crippen MR) is 129 cm³/mol. The number of aryl methyl sites for hydroxylation is 3. The number of aromatic nitrogens is 1. The molecular formula is C23H29N3O6S2. The molecule has 0 aliphatic rings. The van der Waals surface area contributed by atoms with Crippen LogP contribution >= 0.6 is 0 Å². The summed E-state index contributed by atoms with van der Waals surface area (Å²) in [7, 11) is -6.32. The number of nitrogens with two attached hydrogens (primary N) is 1. The van der Waals surface area contributed by atoms with Crippen molar-refractivity contribution in [1.29, 1.82) is 0 Å². The van der Waals surface area contributed by atoms with E-state index in [0.717, 1.165) is 17.4 Å². The first kappa shape index (κ1) is 27.1. The largest absolute Gasteiger partial charge is 0.744 e. The van der Waals surface area contributed by atoms with Crippen molar-refractivity contribution in [3.8, 4) is 5.75 Å². The van der Waals surface area contributed by atoms with Gasteiger partial charge < -0.3 is 9.29 Å². The molecule has 3 aromatic rings. The first-order valence-electron chi connectivity index (χ1n) is 10.1. The van der Waals surface area contributed by atoms with E-state index >= 15 is 0 Å². The van der Waals surface area contributed by atoms with Gasteiger partial charge in [0.1, 0.15) is 10.1 Å². The van der Waals surface area contributed by atoms with Gasteiger partial charge in [0.2, 0.25) is 22.4 Å². The molecule has 0 amide bonds. The van der Waals surface area contributed by atoms with E-state index < -0.39 is 20.1 Å². The van der Waals surface area contributed by atoms with Gasteiger partial charge in [-0.05, 0) is 37.5 Å². The Hall–Kier alpha value is -3.15. The number of hydrogen-bond acceptors (Lipinski definition) is 7. The second-order valence-corrected chi connectivity index (χ2v) is 11.0. The van der Waals surface area contributed by atoms with Crippen molar-refractivity contribution in [2.24, 2.45) is 0 Å². The highest BCUT2D eigenvalue weighted by Gasteiger charge is 2.24. The molecule has 2 N–H and O–H groups in total. The molecule has 9 nitrogen and oxygen atoms in total. The van der Waals surface area contributed by atoms with E-state index in [4.69, 9.17) is 10.6 Å². The normalized spacial score (nSPS) is 11.4. The van der Waals surface area contributed by atoms with Crippen LogP contribution in [0.5, 0.6) is 5.75 Å². The number of sulfonamides is 1.